The number of nitrogens with zero attached hydrogens (tertiary/aromatic N) is 1. The molecule has 1 N–H and O–H groups in total. The first kappa shape index (κ1) is 15.0. The van der Waals surface area contributed by atoms with E-state index in [1.165, 1.54) is 11.3 Å². The minimum absolute atomic E-state index is 0.720. The van der Waals surface area contributed by atoms with Crippen LogP contribution in [0.5, 0.6) is 0 Å². The van der Waals surface area contributed by atoms with E-state index in [9.17, 15) is 0 Å². The standard InChI is InChI=1S/C14H24N2O2/c1-15-12-13-6-4-5-7-14(13)16(8-10-17-2)9-11-18-3/h4-7,15H,8-12H2,1-3H3. The zero-order valence-electron chi connectivity index (χ0n) is 11.6. The van der Waals surface area contributed by atoms with Crippen molar-refractivity contribution < 1.29 is 9.47 Å². The lowest BCUT2D eigenvalue weighted by Gasteiger charge is -2.26. The number of nitrogens with one attached hydrogen (secondary N) is 1. The van der Waals surface area contributed by atoms with Gasteiger partial charge in [0.05, 0.1) is 13.2 Å². The van der Waals surface area contributed by atoms with E-state index in [0.717, 1.165) is 32.8 Å². The molecule has 0 aliphatic rings. The van der Waals surface area contributed by atoms with Gasteiger partial charge in [0.1, 0.15) is 0 Å². The van der Waals surface area contributed by atoms with Gasteiger partial charge in [0, 0.05) is 39.5 Å². The maximum Gasteiger partial charge on any atom is 0.0637 e. The highest BCUT2D eigenvalue weighted by Crippen LogP contribution is 2.20. The Bertz CT molecular complexity index is 323. The second-order valence-corrected chi connectivity index (χ2v) is 4.13. The van der Waals surface area contributed by atoms with Crippen LogP contribution in [0.3, 0.4) is 0 Å². The maximum atomic E-state index is 5.18. The molecule has 102 valence electrons. The quantitative estimate of drug-likeness (QED) is 0.722. The van der Waals surface area contributed by atoms with Crippen LogP contribution in [0.1, 0.15) is 5.56 Å². The van der Waals surface area contributed by atoms with Gasteiger partial charge in [-0.05, 0) is 18.7 Å². The normalized spacial score (nSPS) is 10.6. The Morgan fingerprint density at radius 3 is 2.22 bits per heavy atom. The minimum atomic E-state index is 0.720. The molecular weight excluding hydrogens is 228 g/mol. The highest BCUT2D eigenvalue weighted by Gasteiger charge is 2.09. The Morgan fingerprint density at radius 2 is 1.67 bits per heavy atom. The Labute approximate surface area is 110 Å². The monoisotopic (exact) mass is 252 g/mol. The van der Waals surface area contributed by atoms with Gasteiger partial charge in [0.15, 0.2) is 0 Å². The summed E-state index contributed by atoms with van der Waals surface area (Å²) in [6.07, 6.45) is 0. The van der Waals surface area contributed by atoms with Crippen LogP contribution >= 0.6 is 0 Å². The Hall–Kier alpha value is -1.10. The summed E-state index contributed by atoms with van der Waals surface area (Å²) < 4.78 is 10.4. The number of para-hydroxylation sites is 1. The van der Waals surface area contributed by atoms with Crippen molar-refractivity contribution in [2.75, 3.05) is 52.5 Å². The average molecular weight is 252 g/mol. The molecule has 18 heavy (non-hydrogen) atoms. The zero-order valence-corrected chi connectivity index (χ0v) is 11.6. The van der Waals surface area contributed by atoms with Crippen LogP contribution < -0.4 is 10.2 Å². The number of rotatable bonds is 9. The van der Waals surface area contributed by atoms with Gasteiger partial charge in [-0.15, -0.1) is 0 Å². The summed E-state index contributed by atoms with van der Waals surface area (Å²) in [5, 5.41) is 3.20. The number of methoxy groups -OCH3 is 2. The third-order valence-electron chi connectivity index (χ3n) is 2.83. The first-order valence-electron chi connectivity index (χ1n) is 6.28. The molecule has 0 amide bonds. The van der Waals surface area contributed by atoms with Gasteiger partial charge in [0.25, 0.3) is 0 Å². The number of benzene rings is 1. The molecule has 0 unspecified atom stereocenters. The van der Waals surface area contributed by atoms with E-state index in [0.29, 0.717) is 0 Å². The predicted molar refractivity (Wildman–Crippen MR) is 75.2 cm³/mol. The number of ether oxygens (including phenoxy) is 2. The lowest BCUT2D eigenvalue weighted by molar-refractivity contribution is 0.190. The van der Waals surface area contributed by atoms with Crippen molar-refractivity contribution in [2.24, 2.45) is 0 Å². The smallest absolute Gasteiger partial charge is 0.0637 e. The molecule has 1 aromatic rings. The highest BCUT2D eigenvalue weighted by molar-refractivity contribution is 5.53. The van der Waals surface area contributed by atoms with E-state index in [1.807, 2.05) is 7.05 Å². The summed E-state index contributed by atoms with van der Waals surface area (Å²) in [5.41, 5.74) is 2.55. The molecule has 0 atom stereocenters. The molecule has 1 aromatic carbocycles. The summed E-state index contributed by atoms with van der Waals surface area (Å²) >= 11 is 0. The molecule has 0 saturated carbocycles. The Kier molecular flexibility index (Phi) is 7.41. The summed E-state index contributed by atoms with van der Waals surface area (Å²) in [6, 6.07) is 8.44. The van der Waals surface area contributed by atoms with Gasteiger partial charge >= 0.3 is 0 Å². The van der Waals surface area contributed by atoms with Crippen LogP contribution in [0.4, 0.5) is 5.69 Å². The van der Waals surface area contributed by atoms with Crippen molar-refractivity contribution in [3.63, 3.8) is 0 Å². The van der Waals surface area contributed by atoms with Crippen molar-refractivity contribution in [3.8, 4) is 0 Å². The lowest BCUT2D eigenvalue weighted by Crippen LogP contribution is -2.31. The van der Waals surface area contributed by atoms with Crippen molar-refractivity contribution in [1.29, 1.82) is 0 Å². The van der Waals surface area contributed by atoms with Crippen LogP contribution in [0.25, 0.3) is 0 Å². The molecular formula is C14H24N2O2. The molecule has 0 saturated heterocycles. The van der Waals surface area contributed by atoms with Crippen molar-refractivity contribution in [1.82, 2.24) is 5.32 Å². The fourth-order valence-electron chi connectivity index (χ4n) is 1.91. The second-order valence-electron chi connectivity index (χ2n) is 4.13. The molecule has 0 aliphatic carbocycles. The minimum Gasteiger partial charge on any atom is -0.383 e. The topological polar surface area (TPSA) is 33.7 Å². The molecule has 4 nitrogen and oxygen atoms in total. The SMILES string of the molecule is CNCc1ccccc1N(CCOC)CCOC. The summed E-state index contributed by atoms with van der Waals surface area (Å²) in [5.74, 6) is 0. The first-order chi connectivity index (χ1) is 8.83. The van der Waals surface area contributed by atoms with Gasteiger partial charge in [-0.2, -0.15) is 0 Å². The Balaban J connectivity index is 2.81. The highest BCUT2D eigenvalue weighted by atomic mass is 16.5. The fourth-order valence-corrected chi connectivity index (χ4v) is 1.91. The van der Waals surface area contributed by atoms with Crippen LogP contribution in [0, 0.1) is 0 Å². The number of anilines is 1. The molecule has 0 aliphatic heterocycles. The largest absolute Gasteiger partial charge is 0.383 e. The van der Waals surface area contributed by atoms with Gasteiger partial charge in [-0.3, -0.25) is 0 Å². The molecule has 0 radical (unpaired) electrons. The van der Waals surface area contributed by atoms with Gasteiger partial charge in [0.2, 0.25) is 0 Å². The molecule has 0 spiro atoms. The van der Waals surface area contributed by atoms with E-state index in [2.05, 4.69) is 34.5 Å². The van der Waals surface area contributed by atoms with Crippen molar-refractivity contribution in [3.05, 3.63) is 29.8 Å². The predicted octanol–water partition coefficient (Wildman–Crippen LogP) is 1.51. The van der Waals surface area contributed by atoms with E-state index in [-0.39, 0.29) is 0 Å². The van der Waals surface area contributed by atoms with Crippen molar-refractivity contribution >= 4 is 5.69 Å². The molecule has 0 fully saturated rings. The summed E-state index contributed by atoms with van der Waals surface area (Å²) in [7, 11) is 5.42. The fraction of sp³-hybridized carbons (Fsp3) is 0.571. The molecule has 0 bridgehead atoms. The van der Waals surface area contributed by atoms with Crippen molar-refractivity contribution in [2.45, 2.75) is 6.54 Å². The van der Waals surface area contributed by atoms with E-state index < -0.39 is 0 Å². The van der Waals surface area contributed by atoms with Crippen LogP contribution in [0.15, 0.2) is 24.3 Å². The lowest BCUT2D eigenvalue weighted by atomic mass is 10.1. The van der Waals surface area contributed by atoms with E-state index in [4.69, 9.17) is 9.47 Å². The van der Waals surface area contributed by atoms with Gasteiger partial charge in [-0.1, -0.05) is 18.2 Å². The van der Waals surface area contributed by atoms with Crippen LogP contribution in [-0.2, 0) is 16.0 Å². The summed E-state index contributed by atoms with van der Waals surface area (Å²) in [6.45, 7) is 4.06. The number of hydrogen-bond acceptors (Lipinski definition) is 4. The molecule has 1 rings (SSSR count). The zero-order chi connectivity index (χ0) is 13.2. The van der Waals surface area contributed by atoms with Crippen LogP contribution in [0.2, 0.25) is 0 Å². The molecule has 4 heteroatoms. The average Bonchev–Trinajstić information content (AvgIpc) is 2.40. The third-order valence-corrected chi connectivity index (χ3v) is 2.83. The third kappa shape index (κ3) is 4.64. The second kappa shape index (κ2) is 8.91. The molecule has 0 aromatic heterocycles. The Morgan fingerprint density at radius 1 is 1.06 bits per heavy atom. The van der Waals surface area contributed by atoms with Crippen LogP contribution in [-0.4, -0.2) is 47.6 Å². The van der Waals surface area contributed by atoms with E-state index in [1.54, 1.807) is 14.2 Å². The first-order valence-corrected chi connectivity index (χ1v) is 6.28. The van der Waals surface area contributed by atoms with Gasteiger partial charge < -0.3 is 19.7 Å². The maximum absolute atomic E-state index is 5.18. The number of hydrogen-bond donors (Lipinski definition) is 1. The molecule has 0 heterocycles. The summed E-state index contributed by atoms with van der Waals surface area (Å²) in [4.78, 5) is 2.31. The van der Waals surface area contributed by atoms with Gasteiger partial charge in [-0.25, -0.2) is 0 Å². The van der Waals surface area contributed by atoms with E-state index >= 15 is 0 Å².